The predicted octanol–water partition coefficient (Wildman–Crippen LogP) is 5.57. The third kappa shape index (κ3) is 4.88. The molecule has 0 radical (unpaired) electrons. The van der Waals surface area contributed by atoms with Crippen LogP contribution in [0.2, 0.25) is 5.02 Å². The molecule has 0 unspecified atom stereocenters. The van der Waals surface area contributed by atoms with Crippen molar-refractivity contribution >= 4 is 28.9 Å². The molecule has 0 aliphatic rings. The highest BCUT2D eigenvalue weighted by atomic mass is 35.5. The molecule has 8 heteroatoms. The number of benzene rings is 2. The minimum Gasteiger partial charge on any atom is -0.372 e. The zero-order chi connectivity index (χ0) is 19.5. The van der Waals surface area contributed by atoms with Gasteiger partial charge in [0.25, 0.3) is 0 Å². The largest absolute Gasteiger partial charge is 0.416 e. The standard InChI is InChI=1S/C18H17ClF4N2O/c1-10(2)16(17(26)25-15-6-4-3-5-13(15)20)24-14-8-7-11(9-12(14)19)18(21,22)23/h3-10,16,24H,1-2H3,(H,25,26)/t16-/m0/s1. The Morgan fingerprint density at radius 3 is 2.27 bits per heavy atom. The Balaban J connectivity index is 2.20. The Labute approximate surface area is 153 Å². The summed E-state index contributed by atoms with van der Waals surface area (Å²) in [6.07, 6.45) is -4.51. The number of anilines is 2. The van der Waals surface area contributed by atoms with Gasteiger partial charge in [0.05, 0.1) is 22.0 Å². The van der Waals surface area contributed by atoms with Crippen LogP contribution in [0.5, 0.6) is 0 Å². The number of alkyl halides is 3. The highest BCUT2D eigenvalue weighted by Gasteiger charge is 2.31. The molecule has 2 aromatic rings. The van der Waals surface area contributed by atoms with E-state index in [2.05, 4.69) is 10.6 Å². The van der Waals surface area contributed by atoms with Gasteiger partial charge in [0.2, 0.25) is 5.91 Å². The number of amides is 1. The highest BCUT2D eigenvalue weighted by molar-refractivity contribution is 6.33. The maximum Gasteiger partial charge on any atom is 0.416 e. The van der Waals surface area contributed by atoms with E-state index in [0.29, 0.717) is 0 Å². The van der Waals surface area contributed by atoms with E-state index < -0.39 is 29.5 Å². The second kappa shape index (κ2) is 7.95. The summed E-state index contributed by atoms with van der Waals surface area (Å²) in [6.45, 7) is 3.49. The Morgan fingerprint density at radius 2 is 1.73 bits per heavy atom. The van der Waals surface area contributed by atoms with Gasteiger partial charge in [-0.1, -0.05) is 37.6 Å². The van der Waals surface area contributed by atoms with E-state index >= 15 is 0 Å². The Kier molecular flexibility index (Phi) is 6.13. The van der Waals surface area contributed by atoms with Crippen molar-refractivity contribution in [3.63, 3.8) is 0 Å². The molecule has 2 N–H and O–H groups in total. The SMILES string of the molecule is CC(C)[C@H](Nc1ccc(C(F)(F)F)cc1Cl)C(=O)Nc1ccccc1F. The van der Waals surface area contributed by atoms with Crippen molar-refractivity contribution in [2.45, 2.75) is 26.1 Å². The van der Waals surface area contributed by atoms with Crippen LogP contribution >= 0.6 is 11.6 Å². The summed E-state index contributed by atoms with van der Waals surface area (Å²) in [5.41, 5.74) is -0.685. The van der Waals surface area contributed by atoms with E-state index in [1.165, 1.54) is 18.2 Å². The average molecular weight is 389 g/mol. The van der Waals surface area contributed by atoms with Gasteiger partial charge in [-0.2, -0.15) is 13.2 Å². The van der Waals surface area contributed by atoms with Gasteiger partial charge in [0.15, 0.2) is 0 Å². The van der Waals surface area contributed by atoms with Gasteiger partial charge < -0.3 is 10.6 Å². The molecule has 2 aromatic carbocycles. The Bertz CT molecular complexity index is 793. The first-order valence-electron chi connectivity index (χ1n) is 7.78. The van der Waals surface area contributed by atoms with Crippen LogP contribution in [0.25, 0.3) is 0 Å². The van der Waals surface area contributed by atoms with Gasteiger partial charge in [0.1, 0.15) is 11.9 Å². The van der Waals surface area contributed by atoms with E-state index in [9.17, 15) is 22.4 Å². The quantitative estimate of drug-likeness (QED) is 0.657. The summed E-state index contributed by atoms with van der Waals surface area (Å²) >= 11 is 5.92. The molecule has 1 atom stereocenters. The molecule has 0 aromatic heterocycles. The zero-order valence-electron chi connectivity index (χ0n) is 14.0. The topological polar surface area (TPSA) is 41.1 Å². The molecule has 0 saturated carbocycles. The number of carbonyl (C=O) groups excluding carboxylic acids is 1. The molecule has 0 saturated heterocycles. The van der Waals surface area contributed by atoms with E-state index in [4.69, 9.17) is 11.6 Å². The lowest BCUT2D eigenvalue weighted by molar-refractivity contribution is -0.137. The molecular formula is C18H17ClF4N2O. The summed E-state index contributed by atoms with van der Waals surface area (Å²) in [7, 11) is 0. The molecule has 26 heavy (non-hydrogen) atoms. The van der Waals surface area contributed by atoms with Gasteiger partial charge in [-0.25, -0.2) is 4.39 Å². The van der Waals surface area contributed by atoms with Crippen molar-refractivity contribution in [1.82, 2.24) is 0 Å². The van der Waals surface area contributed by atoms with Crippen LogP contribution in [0, 0.1) is 11.7 Å². The zero-order valence-corrected chi connectivity index (χ0v) is 14.8. The Hall–Kier alpha value is -2.28. The maximum absolute atomic E-state index is 13.7. The fraction of sp³-hybridized carbons (Fsp3) is 0.278. The molecule has 0 bridgehead atoms. The number of hydrogen-bond donors (Lipinski definition) is 2. The maximum atomic E-state index is 13.7. The smallest absolute Gasteiger partial charge is 0.372 e. The molecule has 0 aliphatic heterocycles. The number of halogens is 5. The Morgan fingerprint density at radius 1 is 1.08 bits per heavy atom. The van der Waals surface area contributed by atoms with Crippen molar-refractivity contribution < 1.29 is 22.4 Å². The number of carbonyl (C=O) groups is 1. The average Bonchev–Trinajstić information content (AvgIpc) is 2.54. The summed E-state index contributed by atoms with van der Waals surface area (Å²) in [5, 5.41) is 5.14. The third-order valence-electron chi connectivity index (χ3n) is 3.69. The molecule has 2 rings (SSSR count). The lowest BCUT2D eigenvalue weighted by Gasteiger charge is -2.24. The monoisotopic (exact) mass is 388 g/mol. The molecule has 140 valence electrons. The first kappa shape index (κ1) is 20.0. The molecule has 0 fully saturated rings. The fourth-order valence-corrected chi connectivity index (χ4v) is 2.52. The molecule has 0 aliphatic carbocycles. The lowest BCUT2D eigenvalue weighted by atomic mass is 10.0. The van der Waals surface area contributed by atoms with Crippen LogP contribution in [0.15, 0.2) is 42.5 Å². The van der Waals surface area contributed by atoms with E-state index in [1.54, 1.807) is 19.9 Å². The number of para-hydroxylation sites is 1. The van der Waals surface area contributed by atoms with Gasteiger partial charge in [-0.3, -0.25) is 4.79 Å². The van der Waals surface area contributed by atoms with E-state index in [0.717, 1.165) is 18.2 Å². The molecule has 0 spiro atoms. The second-order valence-electron chi connectivity index (χ2n) is 6.03. The molecule has 3 nitrogen and oxygen atoms in total. The fourth-order valence-electron chi connectivity index (χ4n) is 2.28. The molecular weight excluding hydrogens is 372 g/mol. The molecule has 1 amide bonds. The van der Waals surface area contributed by atoms with Crippen molar-refractivity contribution in [3.05, 3.63) is 58.9 Å². The van der Waals surface area contributed by atoms with Crippen LogP contribution in [-0.4, -0.2) is 11.9 Å². The van der Waals surface area contributed by atoms with Crippen LogP contribution in [0.1, 0.15) is 19.4 Å². The first-order chi connectivity index (χ1) is 12.1. The van der Waals surface area contributed by atoms with E-state index in [1.807, 2.05) is 0 Å². The summed E-state index contributed by atoms with van der Waals surface area (Å²) in [6, 6.07) is 7.68. The summed E-state index contributed by atoms with van der Waals surface area (Å²) in [5.74, 6) is -1.35. The first-order valence-corrected chi connectivity index (χ1v) is 8.16. The summed E-state index contributed by atoms with van der Waals surface area (Å²) < 4.78 is 51.9. The van der Waals surface area contributed by atoms with Crippen molar-refractivity contribution in [1.29, 1.82) is 0 Å². The van der Waals surface area contributed by atoms with Crippen LogP contribution in [-0.2, 0) is 11.0 Å². The second-order valence-corrected chi connectivity index (χ2v) is 6.43. The number of rotatable bonds is 5. The van der Waals surface area contributed by atoms with Crippen molar-refractivity contribution in [3.8, 4) is 0 Å². The molecule has 0 heterocycles. The van der Waals surface area contributed by atoms with Gasteiger partial charge in [0, 0.05) is 0 Å². The summed E-state index contributed by atoms with van der Waals surface area (Å²) in [4.78, 5) is 12.5. The number of hydrogen-bond acceptors (Lipinski definition) is 2. The predicted molar refractivity (Wildman–Crippen MR) is 93.7 cm³/mol. The number of nitrogens with one attached hydrogen (secondary N) is 2. The highest BCUT2D eigenvalue weighted by Crippen LogP contribution is 2.34. The van der Waals surface area contributed by atoms with Crippen molar-refractivity contribution in [2.24, 2.45) is 5.92 Å². The van der Waals surface area contributed by atoms with Crippen molar-refractivity contribution in [2.75, 3.05) is 10.6 Å². The minimum absolute atomic E-state index is 0.0171. The third-order valence-corrected chi connectivity index (χ3v) is 4.00. The van der Waals surface area contributed by atoms with E-state index in [-0.39, 0.29) is 22.3 Å². The van der Waals surface area contributed by atoms with Gasteiger partial charge in [-0.05, 0) is 36.2 Å². The van der Waals surface area contributed by atoms with Gasteiger partial charge >= 0.3 is 6.18 Å². The normalized spacial score (nSPS) is 12.8. The minimum atomic E-state index is -4.51. The van der Waals surface area contributed by atoms with Crippen LogP contribution in [0.4, 0.5) is 28.9 Å². The van der Waals surface area contributed by atoms with Gasteiger partial charge in [-0.15, -0.1) is 0 Å². The van der Waals surface area contributed by atoms with Crippen LogP contribution in [0.3, 0.4) is 0 Å². The lowest BCUT2D eigenvalue weighted by Crippen LogP contribution is -2.39. The van der Waals surface area contributed by atoms with Crippen LogP contribution < -0.4 is 10.6 Å².